The molecule has 3 N–H and O–H groups in total. The minimum absolute atomic E-state index is 0.00310. The first-order valence-electron chi connectivity index (χ1n) is 13.8. The van der Waals surface area contributed by atoms with Gasteiger partial charge < -0.3 is 20.7 Å². The number of nitrogens with zero attached hydrogens (tertiary/aromatic N) is 5. The molecule has 0 amide bonds. The molecule has 2 atom stereocenters. The number of halogens is 3. The zero-order valence-electron chi connectivity index (χ0n) is 21.7. The molecule has 40 heavy (non-hydrogen) atoms. The van der Waals surface area contributed by atoms with Gasteiger partial charge in [0.05, 0.1) is 20.8 Å². The third kappa shape index (κ3) is 3.78. The average Bonchev–Trinajstić information content (AvgIpc) is 3.62. The molecule has 4 aromatic rings. The van der Waals surface area contributed by atoms with E-state index in [2.05, 4.69) is 25.1 Å². The number of benzene rings is 2. The molecular weight excluding hydrogens is 556 g/mol. The number of hydrogen-bond acceptors (Lipinski definition) is 9. The van der Waals surface area contributed by atoms with E-state index in [1.54, 1.807) is 6.07 Å². The molecule has 12 heteroatoms. The lowest BCUT2D eigenvalue weighted by molar-refractivity contribution is 0.107. The number of nitrogen functional groups attached to an aromatic ring is 1. The van der Waals surface area contributed by atoms with Crippen LogP contribution in [-0.2, 0) is 0 Å². The molecule has 2 aromatic heterocycles. The van der Waals surface area contributed by atoms with Gasteiger partial charge in [-0.15, -0.1) is 0 Å². The van der Waals surface area contributed by atoms with Gasteiger partial charge in [-0.05, 0) is 63.4 Å². The van der Waals surface area contributed by atoms with Crippen molar-refractivity contribution in [3.63, 3.8) is 0 Å². The molecule has 5 aliphatic heterocycles. The van der Waals surface area contributed by atoms with Crippen molar-refractivity contribution in [2.45, 2.75) is 49.7 Å². The predicted octanol–water partition coefficient (Wildman–Crippen LogP) is 4.98. The summed E-state index contributed by atoms with van der Waals surface area (Å²) in [5.41, 5.74) is 6.77. The first kappa shape index (κ1) is 24.9. The molecule has 5 saturated heterocycles. The Morgan fingerprint density at radius 3 is 2.60 bits per heavy atom. The van der Waals surface area contributed by atoms with E-state index >= 15 is 4.39 Å². The second-order valence-electron chi connectivity index (χ2n) is 11.5. The zero-order chi connectivity index (χ0) is 27.2. The molecule has 5 aliphatic rings. The van der Waals surface area contributed by atoms with E-state index in [0.29, 0.717) is 35.5 Å². The maximum absolute atomic E-state index is 16.6. The summed E-state index contributed by atoms with van der Waals surface area (Å²) in [4.78, 5) is 18.4. The number of thiazole rings is 1. The molecule has 208 valence electrons. The lowest BCUT2D eigenvalue weighted by Gasteiger charge is -2.48. The fraction of sp³-hybridized carbons (Fsp3) is 0.464. The van der Waals surface area contributed by atoms with Crippen molar-refractivity contribution in [2.24, 2.45) is 0 Å². The Morgan fingerprint density at radius 2 is 1.85 bits per heavy atom. The summed E-state index contributed by atoms with van der Waals surface area (Å²) in [6.07, 6.45) is 5.60. The van der Waals surface area contributed by atoms with Crippen LogP contribution < -0.4 is 20.7 Å². The van der Waals surface area contributed by atoms with Gasteiger partial charge in [0.2, 0.25) is 0 Å². The van der Waals surface area contributed by atoms with Gasteiger partial charge in [-0.2, -0.15) is 9.97 Å². The van der Waals surface area contributed by atoms with Crippen molar-refractivity contribution in [1.29, 1.82) is 0 Å². The van der Waals surface area contributed by atoms with Crippen LogP contribution >= 0.6 is 22.9 Å². The van der Waals surface area contributed by atoms with E-state index in [1.807, 2.05) is 0 Å². The number of ether oxygens (including phenoxy) is 1. The molecular formula is C28H28ClF2N7OS. The molecule has 2 unspecified atom stereocenters. The van der Waals surface area contributed by atoms with Crippen LogP contribution in [0.5, 0.6) is 6.01 Å². The topological polar surface area (TPSA) is 92.4 Å². The highest BCUT2D eigenvalue weighted by molar-refractivity contribution is 7.22. The highest BCUT2D eigenvalue weighted by Gasteiger charge is 2.45. The van der Waals surface area contributed by atoms with Gasteiger partial charge in [0, 0.05) is 41.7 Å². The summed E-state index contributed by atoms with van der Waals surface area (Å²) < 4.78 is 37.7. The molecule has 0 aliphatic carbocycles. The van der Waals surface area contributed by atoms with Crippen LogP contribution in [-0.4, -0.2) is 70.3 Å². The van der Waals surface area contributed by atoms with Crippen molar-refractivity contribution in [1.82, 2.24) is 25.2 Å². The number of piperidine rings is 1. The Kier molecular flexibility index (Phi) is 5.65. The molecule has 7 heterocycles. The van der Waals surface area contributed by atoms with Crippen molar-refractivity contribution < 1.29 is 13.5 Å². The van der Waals surface area contributed by atoms with E-state index in [9.17, 15) is 4.39 Å². The first-order valence-corrected chi connectivity index (χ1v) is 15.0. The Hall–Kier alpha value is -2.86. The van der Waals surface area contributed by atoms with Gasteiger partial charge in [0.1, 0.15) is 23.8 Å². The fourth-order valence-electron chi connectivity index (χ4n) is 7.25. The summed E-state index contributed by atoms with van der Waals surface area (Å²) in [7, 11) is 0. The largest absolute Gasteiger partial charge is 0.461 e. The van der Waals surface area contributed by atoms with E-state index in [-0.39, 0.29) is 43.0 Å². The van der Waals surface area contributed by atoms with Crippen molar-refractivity contribution in [2.75, 3.05) is 43.4 Å². The predicted molar refractivity (Wildman–Crippen MR) is 153 cm³/mol. The third-order valence-corrected chi connectivity index (χ3v) is 10.3. The van der Waals surface area contributed by atoms with Crippen LogP contribution in [0.4, 0.5) is 19.7 Å². The number of nitrogens with two attached hydrogens (primary N) is 1. The minimum atomic E-state index is -0.614. The fourth-order valence-corrected chi connectivity index (χ4v) is 8.31. The van der Waals surface area contributed by atoms with Gasteiger partial charge in [0.25, 0.3) is 0 Å². The Labute approximate surface area is 238 Å². The second-order valence-corrected chi connectivity index (χ2v) is 12.9. The van der Waals surface area contributed by atoms with E-state index in [4.69, 9.17) is 27.1 Å². The normalized spacial score (nSPS) is 23.6. The summed E-state index contributed by atoms with van der Waals surface area (Å²) in [5, 5.41) is 4.44. The number of anilines is 2. The number of hydrogen-bond donors (Lipinski definition) is 2. The van der Waals surface area contributed by atoms with Gasteiger partial charge >= 0.3 is 6.01 Å². The van der Waals surface area contributed by atoms with Gasteiger partial charge in [-0.25, -0.2) is 13.8 Å². The molecule has 0 spiro atoms. The Bertz CT molecular complexity index is 1660. The van der Waals surface area contributed by atoms with E-state index < -0.39 is 11.6 Å². The Morgan fingerprint density at radius 1 is 1.10 bits per heavy atom. The third-order valence-electron chi connectivity index (χ3n) is 9.13. The van der Waals surface area contributed by atoms with Crippen LogP contribution in [0.2, 0.25) is 5.02 Å². The molecule has 2 aromatic carbocycles. The van der Waals surface area contributed by atoms with Crippen molar-refractivity contribution in [3.05, 3.63) is 34.9 Å². The Balaban J connectivity index is 1.27. The second kappa shape index (κ2) is 9.07. The molecule has 5 fully saturated rings. The highest BCUT2D eigenvalue weighted by atomic mass is 35.5. The molecule has 0 saturated carbocycles. The zero-order valence-corrected chi connectivity index (χ0v) is 23.3. The first-order chi connectivity index (χ1) is 19.4. The van der Waals surface area contributed by atoms with Crippen LogP contribution in [0.25, 0.3) is 32.2 Å². The quantitative estimate of drug-likeness (QED) is 0.340. The van der Waals surface area contributed by atoms with Gasteiger partial charge in [-0.3, -0.25) is 4.90 Å². The lowest BCUT2D eigenvalue weighted by atomic mass is 9.91. The standard InChI is InChI=1S/C28H28ClF2N7OS/c29-18-10-17-22(21(31)20(18)16-3-4-19(30)24-23(16)34-26(32)40-24)35-27(36-25(17)37-11-14-9-15(12-37)33-14)39-13-28-5-1-7-38(28)8-2-6-28/h3-4,10,14-15,33H,1-2,5-9,11-13H2,(H2,32,34). The van der Waals surface area contributed by atoms with Crippen molar-refractivity contribution >= 4 is 55.0 Å². The highest BCUT2D eigenvalue weighted by Crippen LogP contribution is 2.44. The number of piperazine rings is 1. The molecule has 9 rings (SSSR count). The summed E-state index contributed by atoms with van der Waals surface area (Å²) >= 11 is 7.79. The number of aromatic nitrogens is 3. The average molecular weight is 584 g/mol. The summed E-state index contributed by atoms with van der Waals surface area (Å²) in [6.45, 7) is 4.17. The van der Waals surface area contributed by atoms with E-state index in [1.165, 1.54) is 12.1 Å². The number of rotatable bonds is 5. The van der Waals surface area contributed by atoms with Crippen LogP contribution in [0, 0.1) is 11.6 Å². The maximum atomic E-state index is 16.6. The molecule has 8 nitrogen and oxygen atoms in total. The smallest absolute Gasteiger partial charge is 0.319 e. The molecule has 2 bridgehead atoms. The SMILES string of the molecule is Nc1nc2c(-c3c(Cl)cc4c(N5CC6CC(C5)N6)nc(OCC56CCCN5CCC6)nc4c3F)ccc(F)c2s1. The van der Waals surface area contributed by atoms with Gasteiger partial charge in [0.15, 0.2) is 10.9 Å². The summed E-state index contributed by atoms with van der Waals surface area (Å²) in [6, 6.07) is 5.40. The van der Waals surface area contributed by atoms with Crippen LogP contribution in [0.3, 0.4) is 0 Å². The number of fused-ring (bicyclic) bond motifs is 5. The van der Waals surface area contributed by atoms with Crippen LogP contribution in [0.1, 0.15) is 32.1 Å². The minimum Gasteiger partial charge on any atom is -0.461 e. The summed E-state index contributed by atoms with van der Waals surface area (Å²) in [5.74, 6) is -0.453. The van der Waals surface area contributed by atoms with E-state index in [0.717, 1.165) is 69.6 Å². The number of nitrogens with one attached hydrogen (secondary N) is 1. The maximum Gasteiger partial charge on any atom is 0.319 e. The molecule has 0 radical (unpaired) electrons. The lowest BCUT2D eigenvalue weighted by Crippen LogP contribution is -2.67. The van der Waals surface area contributed by atoms with Crippen molar-refractivity contribution in [3.8, 4) is 17.1 Å². The monoisotopic (exact) mass is 583 g/mol. The van der Waals surface area contributed by atoms with Gasteiger partial charge in [-0.1, -0.05) is 22.9 Å². The van der Waals surface area contributed by atoms with Crippen LogP contribution in [0.15, 0.2) is 18.2 Å².